The van der Waals surface area contributed by atoms with Crippen molar-refractivity contribution in [3.05, 3.63) is 11.3 Å². The zero-order valence-corrected chi connectivity index (χ0v) is 21.1. The lowest BCUT2D eigenvalue weighted by Crippen LogP contribution is -2.64. The fraction of sp³-hybridized carbons (Fsp3) is 0.682. The summed E-state index contributed by atoms with van der Waals surface area (Å²) in [7, 11) is 0. The first-order valence-electron chi connectivity index (χ1n) is 10.5. The fourth-order valence-corrected chi connectivity index (χ4v) is 4.76. The molecule has 0 aromatic rings. The lowest BCUT2D eigenvalue weighted by atomic mass is 9.73. The Kier molecular flexibility index (Phi) is 8.81. The first-order chi connectivity index (χ1) is 15.2. The van der Waals surface area contributed by atoms with E-state index in [1.165, 1.54) is 20.8 Å². The second-order valence-electron chi connectivity index (χ2n) is 9.01. The summed E-state index contributed by atoms with van der Waals surface area (Å²) < 4.78 is 21.7. The smallest absolute Gasteiger partial charge is 0.303 e. The maximum Gasteiger partial charge on any atom is 0.303 e. The van der Waals surface area contributed by atoms with Crippen molar-refractivity contribution < 1.29 is 42.9 Å². The predicted octanol–water partition coefficient (Wildman–Crippen LogP) is 1.72. The van der Waals surface area contributed by atoms with E-state index in [1.54, 1.807) is 6.92 Å². The largest absolute Gasteiger partial charge is 0.463 e. The number of carbonyl (C=O) groups excluding carboxylic acids is 5. The molecule has 1 heterocycles. The van der Waals surface area contributed by atoms with Crippen LogP contribution in [0.25, 0.3) is 0 Å². The lowest BCUT2D eigenvalue weighted by molar-refractivity contribution is -0.210. The molecule has 1 N–H and O–H groups in total. The third-order valence-electron chi connectivity index (χ3n) is 5.28. The van der Waals surface area contributed by atoms with Gasteiger partial charge in [-0.15, -0.1) is 0 Å². The van der Waals surface area contributed by atoms with Gasteiger partial charge < -0.3 is 24.3 Å². The number of esters is 3. The van der Waals surface area contributed by atoms with E-state index in [0.29, 0.717) is 5.70 Å². The monoisotopic (exact) mass is 531 g/mol. The van der Waals surface area contributed by atoms with Crippen LogP contribution in [0.3, 0.4) is 0 Å². The van der Waals surface area contributed by atoms with Crippen LogP contribution in [-0.2, 0) is 42.9 Å². The van der Waals surface area contributed by atoms with Crippen molar-refractivity contribution in [1.29, 1.82) is 0 Å². The molecule has 1 aliphatic carbocycles. The van der Waals surface area contributed by atoms with Gasteiger partial charge in [-0.25, -0.2) is 0 Å². The SMILES string of the molecule is CC(=O)OC[C@H]1O[C@@H](Br)[C@H](NC(C)=C2C(=O)CC(C)(C)CC2=O)[C@@H](OC(C)=O)[C@@H]1OC(C)=O. The number of halogens is 1. The summed E-state index contributed by atoms with van der Waals surface area (Å²) in [4.78, 5) is 60.3. The molecule has 0 spiro atoms. The molecular weight excluding hydrogens is 502 g/mol. The highest BCUT2D eigenvalue weighted by Crippen LogP contribution is 2.35. The highest BCUT2D eigenvalue weighted by molar-refractivity contribution is 9.09. The van der Waals surface area contributed by atoms with E-state index in [-0.39, 0.29) is 36.6 Å². The summed E-state index contributed by atoms with van der Waals surface area (Å²) in [5, 5.41) is 2.25. The molecule has 2 aliphatic rings. The molecule has 0 aromatic carbocycles. The van der Waals surface area contributed by atoms with Gasteiger partial charge in [0.1, 0.15) is 23.8 Å². The van der Waals surface area contributed by atoms with E-state index in [4.69, 9.17) is 18.9 Å². The molecule has 184 valence electrons. The van der Waals surface area contributed by atoms with Crippen molar-refractivity contribution >= 4 is 45.4 Å². The molecule has 2 fully saturated rings. The molecule has 0 bridgehead atoms. The van der Waals surface area contributed by atoms with Crippen molar-refractivity contribution in [2.45, 2.75) is 83.8 Å². The molecule has 1 saturated carbocycles. The van der Waals surface area contributed by atoms with Crippen molar-refractivity contribution in [3.8, 4) is 0 Å². The van der Waals surface area contributed by atoms with Gasteiger partial charge >= 0.3 is 17.9 Å². The minimum absolute atomic E-state index is 0.0571. The van der Waals surface area contributed by atoms with Crippen molar-refractivity contribution in [2.24, 2.45) is 5.41 Å². The van der Waals surface area contributed by atoms with E-state index in [2.05, 4.69) is 21.2 Å². The molecule has 10 nitrogen and oxygen atoms in total. The number of ether oxygens (including phenoxy) is 4. The highest BCUT2D eigenvalue weighted by Gasteiger charge is 2.50. The maximum absolute atomic E-state index is 12.7. The third kappa shape index (κ3) is 7.10. The summed E-state index contributed by atoms with van der Waals surface area (Å²) in [6.45, 7) is 8.66. The summed E-state index contributed by atoms with van der Waals surface area (Å²) in [5.41, 5.74) is -0.0634. The Morgan fingerprint density at radius 2 is 1.48 bits per heavy atom. The van der Waals surface area contributed by atoms with Gasteiger partial charge in [0, 0.05) is 39.3 Å². The molecule has 0 aromatic heterocycles. The van der Waals surface area contributed by atoms with E-state index >= 15 is 0 Å². The number of allylic oxidation sites excluding steroid dienone is 2. The van der Waals surface area contributed by atoms with Crippen LogP contribution in [0.5, 0.6) is 0 Å². The van der Waals surface area contributed by atoms with E-state index in [0.717, 1.165) is 0 Å². The quantitative estimate of drug-likeness (QED) is 0.177. The molecule has 0 amide bonds. The van der Waals surface area contributed by atoms with Gasteiger partial charge in [-0.3, -0.25) is 24.0 Å². The third-order valence-corrected chi connectivity index (χ3v) is 6.07. The Hall–Kier alpha value is -2.27. The summed E-state index contributed by atoms with van der Waals surface area (Å²) in [5.74, 6) is -2.42. The number of hydrogen-bond acceptors (Lipinski definition) is 10. The van der Waals surface area contributed by atoms with Gasteiger partial charge in [-0.05, 0) is 12.3 Å². The molecule has 33 heavy (non-hydrogen) atoms. The number of hydrogen-bond donors (Lipinski definition) is 1. The zero-order chi connectivity index (χ0) is 25.1. The zero-order valence-electron chi connectivity index (χ0n) is 19.6. The Bertz CT molecular complexity index is 844. The van der Waals surface area contributed by atoms with Crippen molar-refractivity contribution in [1.82, 2.24) is 5.32 Å². The molecule has 0 unspecified atom stereocenters. The number of Topliss-reactive ketones (excluding diaryl/α,β-unsaturated/α-hetero) is 2. The average Bonchev–Trinajstić information content (AvgIpc) is 2.62. The fourth-order valence-electron chi connectivity index (χ4n) is 4.05. The second kappa shape index (κ2) is 10.8. The Labute approximate surface area is 200 Å². The van der Waals surface area contributed by atoms with Gasteiger partial charge in [0.15, 0.2) is 23.8 Å². The molecular formula is C22H30BrNO9. The van der Waals surface area contributed by atoms with Crippen LogP contribution in [0.1, 0.15) is 54.4 Å². The molecule has 1 aliphatic heterocycles. The number of ketones is 2. The van der Waals surface area contributed by atoms with E-state index < -0.39 is 52.7 Å². The normalized spacial score (nSPS) is 29.2. The summed E-state index contributed by atoms with van der Waals surface area (Å²) >= 11 is 3.38. The van der Waals surface area contributed by atoms with Crippen LogP contribution in [0, 0.1) is 5.41 Å². The molecule has 1 saturated heterocycles. The minimum Gasteiger partial charge on any atom is -0.463 e. The summed E-state index contributed by atoms with van der Waals surface area (Å²) in [6, 6.07) is -0.838. The number of carbonyl (C=O) groups is 5. The average molecular weight is 532 g/mol. The van der Waals surface area contributed by atoms with Crippen molar-refractivity contribution in [3.63, 3.8) is 0 Å². The molecule has 2 rings (SSSR count). The Balaban J connectivity index is 2.39. The van der Waals surface area contributed by atoms with Gasteiger partial charge in [-0.2, -0.15) is 0 Å². The van der Waals surface area contributed by atoms with E-state index in [9.17, 15) is 24.0 Å². The topological polar surface area (TPSA) is 134 Å². The molecule has 0 radical (unpaired) electrons. The molecule has 11 heteroatoms. The Morgan fingerprint density at radius 3 is 1.97 bits per heavy atom. The van der Waals surface area contributed by atoms with Gasteiger partial charge in [-0.1, -0.05) is 29.8 Å². The lowest BCUT2D eigenvalue weighted by Gasteiger charge is -2.44. The van der Waals surface area contributed by atoms with Crippen LogP contribution in [0.15, 0.2) is 11.3 Å². The predicted molar refractivity (Wildman–Crippen MR) is 118 cm³/mol. The number of rotatable bonds is 6. The standard InChI is InChI=1S/C22H30BrNO9/c1-10(17-14(28)7-22(5,6)8-15(17)29)24-18-20(32-13(4)27)19(31-12(3)26)16(33-21(18)23)9-30-11(2)25/h16,18-21,24H,7-9H2,1-6H3/t16-,18-,19-,20-,21-/m1/s1. The van der Waals surface area contributed by atoms with Gasteiger partial charge in [0.2, 0.25) is 0 Å². The van der Waals surface area contributed by atoms with Gasteiger partial charge in [0.05, 0.1) is 5.57 Å². The second-order valence-corrected chi connectivity index (χ2v) is 9.91. The summed E-state index contributed by atoms with van der Waals surface area (Å²) in [6.07, 6.45) is -2.69. The van der Waals surface area contributed by atoms with Crippen LogP contribution < -0.4 is 5.32 Å². The first-order valence-corrected chi connectivity index (χ1v) is 11.4. The first kappa shape index (κ1) is 27.0. The molecule has 5 atom stereocenters. The van der Waals surface area contributed by atoms with Crippen LogP contribution >= 0.6 is 15.9 Å². The van der Waals surface area contributed by atoms with Gasteiger partial charge in [0.25, 0.3) is 0 Å². The highest BCUT2D eigenvalue weighted by atomic mass is 79.9. The number of nitrogens with one attached hydrogen (secondary N) is 1. The maximum atomic E-state index is 12.7. The van der Waals surface area contributed by atoms with Crippen LogP contribution in [0.4, 0.5) is 0 Å². The van der Waals surface area contributed by atoms with E-state index in [1.807, 2.05) is 13.8 Å². The van der Waals surface area contributed by atoms with Crippen LogP contribution in [-0.4, -0.2) is 65.4 Å². The minimum atomic E-state index is -1.12. The van der Waals surface area contributed by atoms with Crippen molar-refractivity contribution in [2.75, 3.05) is 6.61 Å². The van der Waals surface area contributed by atoms with Crippen LogP contribution in [0.2, 0.25) is 0 Å². The Morgan fingerprint density at radius 1 is 0.970 bits per heavy atom. The number of alkyl halides is 1.